The van der Waals surface area contributed by atoms with Gasteiger partial charge in [0.2, 0.25) is 0 Å². The number of aromatic amines is 2. The van der Waals surface area contributed by atoms with Crippen molar-refractivity contribution in [2.24, 2.45) is 0 Å². The fraction of sp³-hybridized carbons (Fsp3) is 0. The van der Waals surface area contributed by atoms with Crippen LogP contribution in [0.4, 0.5) is 0 Å². The van der Waals surface area contributed by atoms with E-state index >= 15 is 0 Å². The molecule has 66 valence electrons. The van der Waals surface area contributed by atoms with Crippen molar-refractivity contribution in [2.45, 2.75) is 0 Å². The van der Waals surface area contributed by atoms with Crippen molar-refractivity contribution in [2.75, 3.05) is 0 Å². The Morgan fingerprint density at radius 1 is 1.31 bits per heavy atom. The Morgan fingerprint density at radius 2 is 2.15 bits per heavy atom. The molecule has 0 fully saturated rings. The second-order valence-corrected chi connectivity index (χ2v) is 2.46. The van der Waals surface area contributed by atoms with Gasteiger partial charge in [-0.25, -0.2) is 4.79 Å². The third-order valence-corrected chi connectivity index (χ3v) is 1.61. The van der Waals surface area contributed by atoms with Crippen LogP contribution in [0.1, 0.15) is 0 Å². The number of hydrogen-bond donors (Lipinski definition) is 2. The molecule has 0 amide bonds. The van der Waals surface area contributed by atoms with Gasteiger partial charge < -0.3 is 9.40 Å². The second kappa shape index (κ2) is 2.78. The van der Waals surface area contributed by atoms with Crippen LogP contribution in [0.3, 0.4) is 0 Å². The van der Waals surface area contributed by atoms with Crippen LogP contribution in [0.5, 0.6) is 0 Å². The van der Waals surface area contributed by atoms with Crippen LogP contribution in [0.25, 0.3) is 11.3 Å². The molecule has 0 unspecified atom stereocenters. The third-order valence-electron chi connectivity index (χ3n) is 1.61. The first-order chi connectivity index (χ1) is 6.27. The zero-order valence-electron chi connectivity index (χ0n) is 6.53. The van der Waals surface area contributed by atoms with Gasteiger partial charge in [-0.05, 0) is 12.1 Å². The van der Waals surface area contributed by atoms with Gasteiger partial charge in [0.05, 0.1) is 11.8 Å². The van der Waals surface area contributed by atoms with Crippen molar-refractivity contribution < 1.29 is 4.42 Å². The molecule has 5 nitrogen and oxygen atoms in total. The van der Waals surface area contributed by atoms with E-state index in [1.807, 2.05) is 0 Å². The normalized spacial score (nSPS) is 10.2. The summed E-state index contributed by atoms with van der Waals surface area (Å²) in [6.45, 7) is 0. The molecular weight excluding hydrogens is 172 g/mol. The minimum absolute atomic E-state index is 0.310. The zero-order chi connectivity index (χ0) is 9.26. The molecule has 5 heteroatoms. The van der Waals surface area contributed by atoms with E-state index in [1.165, 1.54) is 12.5 Å². The number of rotatable bonds is 1. The Balaban J connectivity index is 2.67. The smallest absolute Gasteiger partial charge is 0.325 e. The van der Waals surface area contributed by atoms with E-state index in [2.05, 4.69) is 9.97 Å². The van der Waals surface area contributed by atoms with Crippen molar-refractivity contribution in [3.63, 3.8) is 0 Å². The second-order valence-electron chi connectivity index (χ2n) is 2.46. The van der Waals surface area contributed by atoms with Gasteiger partial charge in [0.1, 0.15) is 5.76 Å². The first kappa shape index (κ1) is 7.60. The van der Waals surface area contributed by atoms with Crippen molar-refractivity contribution in [1.29, 1.82) is 0 Å². The standard InChI is InChI=1S/C8H6N2O3/c11-7-5(4-9-8(12)10-7)6-2-1-3-13-6/h1-4H,(H2,9,10,11,12). The molecule has 0 atom stereocenters. The van der Waals surface area contributed by atoms with Gasteiger partial charge in [0.25, 0.3) is 5.56 Å². The van der Waals surface area contributed by atoms with Gasteiger partial charge in [0.15, 0.2) is 0 Å². The highest BCUT2D eigenvalue weighted by Gasteiger charge is 2.04. The van der Waals surface area contributed by atoms with Crippen molar-refractivity contribution in [3.05, 3.63) is 45.4 Å². The van der Waals surface area contributed by atoms with E-state index in [9.17, 15) is 9.59 Å². The molecule has 0 aliphatic rings. The molecule has 2 heterocycles. The zero-order valence-corrected chi connectivity index (χ0v) is 6.53. The van der Waals surface area contributed by atoms with Crippen LogP contribution >= 0.6 is 0 Å². The lowest BCUT2D eigenvalue weighted by Crippen LogP contribution is -2.22. The first-order valence-corrected chi connectivity index (χ1v) is 3.63. The molecule has 2 aromatic heterocycles. The molecule has 0 saturated heterocycles. The SMILES string of the molecule is O=c1[nH]cc(-c2ccco2)c(=O)[nH]1. The Labute approximate surface area is 72.0 Å². The quantitative estimate of drug-likeness (QED) is 0.660. The maximum Gasteiger partial charge on any atom is 0.325 e. The van der Waals surface area contributed by atoms with Gasteiger partial charge in [-0.15, -0.1) is 0 Å². The average Bonchev–Trinajstić information content (AvgIpc) is 2.56. The van der Waals surface area contributed by atoms with Crippen LogP contribution in [0.2, 0.25) is 0 Å². The van der Waals surface area contributed by atoms with Crippen molar-refractivity contribution in [3.8, 4) is 11.3 Å². The summed E-state index contributed by atoms with van der Waals surface area (Å²) in [5.74, 6) is 0.428. The van der Waals surface area contributed by atoms with Gasteiger partial charge >= 0.3 is 5.69 Å². The fourth-order valence-corrected chi connectivity index (χ4v) is 1.02. The van der Waals surface area contributed by atoms with Gasteiger partial charge in [-0.1, -0.05) is 0 Å². The van der Waals surface area contributed by atoms with Crippen LogP contribution in [0, 0.1) is 0 Å². The third kappa shape index (κ3) is 1.31. The fourth-order valence-electron chi connectivity index (χ4n) is 1.02. The Hall–Kier alpha value is -2.04. The molecule has 0 radical (unpaired) electrons. The molecule has 0 aliphatic heterocycles. The Kier molecular flexibility index (Phi) is 1.63. The summed E-state index contributed by atoms with van der Waals surface area (Å²) in [6.07, 6.45) is 2.78. The molecule has 0 spiro atoms. The Bertz CT molecular complexity index is 507. The highest BCUT2D eigenvalue weighted by atomic mass is 16.3. The highest BCUT2D eigenvalue weighted by Crippen LogP contribution is 2.12. The molecule has 13 heavy (non-hydrogen) atoms. The highest BCUT2D eigenvalue weighted by molar-refractivity contribution is 5.53. The summed E-state index contributed by atoms with van der Waals surface area (Å²) in [6, 6.07) is 3.31. The molecular formula is C8H6N2O3. The van der Waals surface area contributed by atoms with Crippen LogP contribution < -0.4 is 11.2 Å². The molecule has 2 N–H and O–H groups in total. The number of H-pyrrole nitrogens is 2. The van der Waals surface area contributed by atoms with Gasteiger partial charge in [0, 0.05) is 6.20 Å². The lowest BCUT2D eigenvalue weighted by Gasteiger charge is -1.92. The van der Waals surface area contributed by atoms with E-state index in [0.717, 1.165) is 0 Å². The predicted molar refractivity (Wildman–Crippen MR) is 45.4 cm³/mol. The summed E-state index contributed by atoms with van der Waals surface area (Å²) < 4.78 is 5.00. The predicted octanol–water partition coefficient (Wildman–Crippen LogP) is 0.323. The summed E-state index contributed by atoms with van der Waals surface area (Å²) in [5, 5.41) is 0. The molecule has 2 rings (SSSR count). The molecule has 0 aliphatic carbocycles. The van der Waals surface area contributed by atoms with Crippen LogP contribution in [0.15, 0.2) is 38.6 Å². The largest absolute Gasteiger partial charge is 0.464 e. The average molecular weight is 178 g/mol. The number of nitrogens with one attached hydrogen (secondary N) is 2. The minimum Gasteiger partial charge on any atom is -0.464 e. The summed E-state index contributed by atoms with van der Waals surface area (Å²) in [7, 11) is 0. The molecule has 0 bridgehead atoms. The van der Waals surface area contributed by atoms with E-state index in [0.29, 0.717) is 11.3 Å². The molecule has 2 aromatic rings. The lowest BCUT2D eigenvalue weighted by atomic mass is 10.3. The Morgan fingerprint density at radius 3 is 2.77 bits per heavy atom. The van der Waals surface area contributed by atoms with E-state index in [-0.39, 0.29) is 0 Å². The first-order valence-electron chi connectivity index (χ1n) is 3.63. The van der Waals surface area contributed by atoms with Crippen LogP contribution in [-0.2, 0) is 0 Å². The topological polar surface area (TPSA) is 78.9 Å². The lowest BCUT2D eigenvalue weighted by molar-refractivity contribution is 0.581. The van der Waals surface area contributed by atoms with E-state index < -0.39 is 11.2 Å². The summed E-state index contributed by atoms with van der Waals surface area (Å²) in [5.41, 5.74) is -0.677. The van der Waals surface area contributed by atoms with Crippen molar-refractivity contribution in [1.82, 2.24) is 9.97 Å². The van der Waals surface area contributed by atoms with Crippen molar-refractivity contribution >= 4 is 0 Å². The molecule has 0 saturated carbocycles. The maximum atomic E-state index is 11.2. The van der Waals surface area contributed by atoms with Crippen LogP contribution in [-0.4, -0.2) is 9.97 Å². The molecule has 0 aromatic carbocycles. The van der Waals surface area contributed by atoms with Gasteiger partial charge in [-0.3, -0.25) is 9.78 Å². The maximum absolute atomic E-state index is 11.2. The van der Waals surface area contributed by atoms with E-state index in [1.54, 1.807) is 12.1 Å². The van der Waals surface area contributed by atoms with E-state index in [4.69, 9.17) is 4.42 Å². The summed E-state index contributed by atoms with van der Waals surface area (Å²) >= 11 is 0. The number of aromatic nitrogens is 2. The number of hydrogen-bond acceptors (Lipinski definition) is 3. The minimum atomic E-state index is -0.527. The number of furan rings is 1. The van der Waals surface area contributed by atoms with Gasteiger partial charge in [-0.2, -0.15) is 0 Å². The summed E-state index contributed by atoms with van der Waals surface area (Å²) in [4.78, 5) is 26.3. The monoisotopic (exact) mass is 178 g/mol.